The second-order valence-corrected chi connectivity index (χ2v) is 8.67. The summed E-state index contributed by atoms with van der Waals surface area (Å²) in [6.45, 7) is 3.51. The molecule has 0 saturated carbocycles. The summed E-state index contributed by atoms with van der Waals surface area (Å²) in [5.74, 6) is -1.04. The van der Waals surface area contributed by atoms with Gasteiger partial charge in [0.05, 0.1) is 16.7 Å². The van der Waals surface area contributed by atoms with Crippen LogP contribution >= 0.6 is 11.8 Å². The maximum Gasteiger partial charge on any atom is 0.237 e. The molecular weight excluding hydrogens is 410 g/mol. The molecule has 2 N–H and O–H groups in total. The Morgan fingerprint density at radius 3 is 2.77 bits per heavy atom. The van der Waals surface area contributed by atoms with Gasteiger partial charge in [0.2, 0.25) is 11.8 Å². The third-order valence-corrected chi connectivity index (χ3v) is 6.70. The van der Waals surface area contributed by atoms with Crippen molar-refractivity contribution in [1.82, 2.24) is 15.2 Å². The van der Waals surface area contributed by atoms with Crippen LogP contribution in [-0.4, -0.2) is 45.4 Å². The number of thioether (sulfide) groups is 1. The van der Waals surface area contributed by atoms with E-state index in [2.05, 4.69) is 21.7 Å². The number of para-hydroxylation sites is 1. The van der Waals surface area contributed by atoms with Crippen molar-refractivity contribution in [2.75, 3.05) is 18.4 Å². The van der Waals surface area contributed by atoms with E-state index >= 15 is 0 Å². The highest BCUT2D eigenvalue weighted by molar-refractivity contribution is 8.01. The number of hydrogen-bond donors (Lipinski definition) is 2. The van der Waals surface area contributed by atoms with Crippen LogP contribution in [0.4, 0.5) is 5.69 Å². The van der Waals surface area contributed by atoms with Crippen molar-refractivity contribution in [2.24, 2.45) is 5.92 Å². The molecule has 7 nitrogen and oxygen atoms in total. The minimum atomic E-state index is -0.808. The maximum absolute atomic E-state index is 12.8. The summed E-state index contributed by atoms with van der Waals surface area (Å²) in [5, 5.41) is 15.4. The van der Waals surface area contributed by atoms with E-state index in [1.165, 1.54) is 0 Å². The number of pyridine rings is 1. The molecule has 3 atom stereocenters. The van der Waals surface area contributed by atoms with Crippen molar-refractivity contribution in [2.45, 2.75) is 36.9 Å². The summed E-state index contributed by atoms with van der Waals surface area (Å²) in [7, 11) is 0. The lowest BCUT2D eigenvalue weighted by atomic mass is 10.1. The molecular formula is C23H27N5O2S. The topological polar surface area (TPSA) is 98.1 Å². The van der Waals surface area contributed by atoms with Crippen LogP contribution < -0.4 is 10.6 Å². The Labute approximate surface area is 187 Å². The molecule has 1 fully saturated rings. The fraction of sp³-hybridized carbons (Fsp3) is 0.391. The SMILES string of the molecule is CCN1C(=O)C(CCNc2ccccc2)SC1CC(C#N)C(=O)NCc1cccnc1. The molecule has 3 unspecified atom stereocenters. The quantitative estimate of drug-likeness (QED) is 0.593. The Kier molecular flexibility index (Phi) is 8.30. The van der Waals surface area contributed by atoms with E-state index in [1.54, 1.807) is 35.1 Å². The number of benzene rings is 1. The van der Waals surface area contributed by atoms with Gasteiger partial charge >= 0.3 is 0 Å². The first-order valence-corrected chi connectivity index (χ1v) is 11.4. The van der Waals surface area contributed by atoms with E-state index in [0.29, 0.717) is 32.5 Å². The Morgan fingerprint density at radius 1 is 1.29 bits per heavy atom. The van der Waals surface area contributed by atoms with Crippen LogP contribution in [0.5, 0.6) is 0 Å². The molecule has 2 aromatic rings. The van der Waals surface area contributed by atoms with Gasteiger partial charge in [-0.05, 0) is 37.1 Å². The number of carbonyl (C=O) groups excluding carboxylic acids is 2. The zero-order chi connectivity index (χ0) is 22.1. The zero-order valence-corrected chi connectivity index (χ0v) is 18.3. The van der Waals surface area contributed by atoms with Crippen molar-refractivity contribution in [1.29, 1.82) is 5.26 Å². The normalized spacial score (nSPS) is 19.0. The summed E-state index contributed by atoms with van der Waals surface area (Å²) in [6, 6.07) is 15.7. The van der Waals surface area contributed by atoms with E-state index in [-0.39, 0.29) is 22.4 Å². The first-order chi connectivity index (χ1) is 15.1. The van der Waals surface area contributed by atoms with E-state index in [4.69, 9.17) is 0 Å². The molecule has 1 aromatic carbocycles. The Morgan fingerprint density at radius 2 is 2.10 bits per heavy atom. The van der Waals surface area contributed by atoms with Gasteiger partial charge in [-0.3, -0.25) is 14.6 Å². The van der Waals surface area contributed by atoms with Gasteiger partial charge in [0.1, 0.15) is 5.92 Å². The van der Waals surface area contributed by atoms with Crippen molar-refractivity contribution in [3.8, 4) is 6.07 Å². The molecule has 0 radical (unpaired) electrons. The van der Waals surface area contributed by atoms with Crippen molar-refractivity contribution in [3.05, 3.63) is 60.4 Å². The van der Waals surface area contributed by atoms with Crippen LogP contribution in [0, 0.1) is 17.2 Å². The summed E-state index contributed by atoms with van der Waals surface area (Å²) in [5.41, 5.74) is 1.90. The van der Waals surface area contributed by atoms with Crippen LogP contribution in [-0.2, 0) is 16.1 Å². The molecule has 0 aliphatic carbocycles. The molecule has 0 spiro atoms. The van der Waals surface area contributed by atoms with Crippen LogP contribution in [0.3, 0.4) is 0 Å². The molecule has 2 heterocycles. The van der Waals surface area contributed by atoms with Crippen molar-refractivity contribution < 1.29 is 9.59 Å². The van der Waals surface area contributed by atoms with Crippen LogP contribution in [0.25, 0.3) is 0 Å². The highest BCUT2D eigenvalue weighted by Gasteiger charge is 2.40. The third-order valence-electron chi connectivity index (χ3n) is 5.18. The highest BCUT2D eigenvalue weighted by Crippen LogP contribution is 2.36. The molecule has 1 aliphatic rings. The Bertz CT molecular complexity index is 903. The lowest BCUT2D eigenvalue weighted by molar-refractivity contribution is -0.131. The number of nitriles is 1. The predicted octanol–water partition coefficient (Wildman–Crippen LogP) is 3.02. The highest BCUT2D eigenvalue weighted by atomic mass is 32.2. The third kappa shape index (κ3) is 6.22. The number of hydrogen-bond acceptors (Lipinski definition) is 6. The lowest BCUT2D eigenvalue weighted by Crippen LogP contribution is -2.38. The Hall–Kier alpha value is -3.05. The predicted molar refractivity (Wildman–Crippen MR) is 122 cm³/mol. The fourth-order valence-electron chi connectivity index (χ4n) is 3.52. The number of aromatic nitrogens is 1. The second kappa shape index (κ2) is 11.4. The summed E-state index contributed by atoms with van der Waals surface area (Å²) < 4.78 is 0. The average molecular weight is 438 g/mol. The number of nitrogens with zero attached hydrogens (tertiary/aromatic N) is 3. The molecule has 2 amide bonds. The number of anilines is 1. The molecule has 8 heteroatoms. The van der Waals surface area contributed by atoms with Gasteiger partial charge in [-0.2, -0.15) is 5.26 Å². The smallest absolute Gasteiger partial charge is 0.237 e. The molecule has 1 aliphatic heterocycles. The number of rotatable bonds is 10. The van der Waals surface area contributed by atoms with Crippen molar-refractivity contribution in [3.63, 3.8) is 0 Å². The maximum atomic E-state index is 12.8. The zero-order valence-electron chi connectivity index (χ0n) is 17.5. The molecule has 0 bridgehead atoms. The number of amides is 2. The number of nitrogens with one attached hydrogen (secondary N) is 2. The van der Waals surface area contributed by atoms with Crippen LogP contribution in [0.15, 0.2) is 54.9 Å². The Balaban J connectivity index is 1.52. The second-order valence-electron chi connectivity index (χ2n) is 7.28. The van der Waals surface area contributed by atoms with Gasteiger partial charge in [0.15, 0.2) is 0 Å². The average Bonchev–Trinajstić information content (AvgIpc) is 3.11. The first kappa shape index (κ1) is 22.6. The lowest BCUT2D eigenvalue weighted by Gasteiger charge is -2.23. The minimum absolute atomic E-state index is 0.0832. The van der Waals surface area contributed by atoms with Crippen LogP contribution in [0.1, 0.15) is 25.3 Å². The molecule has 31 heavy (non-hydrogen) atoms. The molecule has 1 aromatic heterocycles. The summed E-state index contributed by atoms with van der Waals surface area (Å²) >= 11 is 1.56. The van der Waals surface area contributed by atoms with Gasteiger partial charge in [-0.15, -0.1) is 11.8 Å². The standard InChI is InChI=1S/C23H27N5O2S/c1-2-28-21(13-18(14-24)22(29)27-16-17-7-6-11-25-15-17)31-20(23(28)30)10-12-26-19-8-4-3-5-9-19/h3-9,11,15,18,20-21,26H,2,10,12-13,16H2,1H3,(H,27,29). The van der Waals surface area contributed by atoms with E-state index in [9.17, 15) is 14.9 Å². The first-order valence-electron chi connectivity index (χ1n) is 10.4. The van der Waals surface area contributed by atoms with Crippen molar-refractivity contribution >= 4 is 29.3 Å². The van der Waals surface area contributed by atoms with Gasteiger partial charge in [-0.25, -0.2) is 0 Å². The molecule has 3 rings (SSSR count). The monoisotopic (exact) mass is 437 g/mol. The van der Waals surface area contributed by atoms with E-state index < -0.39 is 5.92 Å². The van der Waals surface area contributed by atoms with E-state index in [1.807, 2.05) is 43.3 Å². The molecule has 1 saturated heterocycles. The van der Waals surface area contributed by atoms with Gasteiger partial charge in [-0.1, -0.05) is 24.3 Å². The van der Waals surface area contributed by atoms with Gasteiger partial charge in [0.25, 0.3) is 0 Å². The fourth-order valence-corrected chi connectivity index (χ4v) is 5.11. The summed E-state index contributed by atoms with van der Waals surface area (Å²) in [6.07, 6.45) is 4.36. The molecule has 162 valence electrons. The minimum Gasteiger partial charge on any atom is -0.385 e. The largest absolute Gasteiger partial charge is 0.385 e. The van der Waals surface area contributed by atoms with Gasteiger partial charge < -0.3 is 15.5 Å². The van der Waals surface area contributed by atoms with Crippen LogP contribution in [0.2, 0.25) is 0 Å². The number of carbonyl (C=O) groups is 2. The van der Waals surface area contributed by atoms with Gasteiger partial charge in [0, 0.05) is 44.1 Å². The summed E-state index contributed by atoms with van der Waals surface area (Å²) in [4.78, 5) is 31.2. The van der Waals surface area contributed by atoms with E-state index in [0.717, 1.165) is 11.3 Å².